The van der Waals surface area contributed by atoms with Crippen LogP contribution in [0.1, 0.15) is 34.1 Å². The lowest BCUT2D eigenvalue weighted by atomic mass is 9.97. The van der Waals surface area contributed by atoms with Gasteiger partial charge in [-0.3, -0.25) is 9.59 Å². The van der Waals surface area contributed by atoms with Gasteiger partial charge in [-0.05, 0) is 34.1 Å². The molecule has 1 amide bonds. The zero-order valence-corrected chi connectivity index (χ0v) is 13.1. The predicted octanol–water partition coefficient (Wildman–Crippen LogP) is 1.57. The van der Waals surface area contributed by atoms with Crippen LogP contribution >= 0.6 is 0 Å². The molecule has 0 radical (unpaired) electrons. The van der Waals surface area contributed by atoms with Crippen LogP contribution in [0.4, 0.5) is 4.79 Å². The first-order chi connectivity index (χ1) is 9.60. The van der Waals surface area contributed by atoms with Crippen LogP contribution < -0.4 is 5.32 Å². The molecule has 0 aromatic carbocycles. The SMILES string of the molecule is [C-]#[N+]C[C@@H](C[C@H](NC(=O)OC(C)(C)C)C(C)=O)C(=O)OC. The first kappa shape index (κ1) is 18.9. The number of nitrogens with zero attached hydrogens (tertiary/aromatic N) is 1. The number of methoxy groups -OCH3 is 1. The first-order valence-electron chi connectivity index (χ1n) is 6.51. The minimum atomic E-state index is -0.898. The zero-order valence-electron chi connectivity index (χ0n) is 13.1. The molecule has 0 bridgehead atoms. The van der Waals surface area contributed by atoms with Crippen molar-refractivity contribution in [2.75, 3.05) is 13.7 Å². The van der Waals surface area contributed by atoms with Crippen LogP contribution in [0.15, 0.2) is 0 Å². The summed E-state index contributed by atoms with van der Waals surface area (Å²) in [6.45, 7) is 13.1. The second kappa shape index (κ2) is 8.25. The molecule has 0 saturated carbocycles. The van der Waals surface area contributed by atoms with Crippen LogP contribution in [-0.4, -0.2) is 43.1 Å². The van der Waals surface area contributed by atoms with Crippen molar-refractivity contribution >= 4 is 17.8 Å². The van der Waals surface area contributed by atoms with Gasteiger partial charge in [0.2, 0.25) is 6.54 Å². The van der Waals surface area contributed by atoms with Gasteiger partial charge >= 0.3 is 12.1 Å². The fourth-order valence-electron chi connectivity index (χ4n) is 1.58. The van der Waals surface area contributed by atoms with Gasteiger partial charge in [-0.1, -0.05) is 0 Å². The molecule has 0 saturated heterocycles. The number of nitrogens with one attached hydrogen (secondary N) is 1. The van der Waals surface area contributed by atoms with Gasteiger partial charge in [0.1, 0.15) is 11.5 Å². The summed E-state index contributed by atoms with van der Waals surface area (Å²) in [5.74, 6) is -1.67. The van der Waals surface area contributed by atoms with Crippen LogP contribution in [0, 0.1) is 12.5 Å². The van der Waals surface area contributed by atoms with Gasteiger partial charge in [0, 0.05) is 0 Å². The minimum Gasteiger partial charge on any atom is -0.469 e. The summed E-state index contributed by atoms with van der Waals surface area (Å²) in [6.07, 6.45) is -0.738. The Hall–Kier alpha value is -2.10. The number of Topliss-reactive ketones (excluding diaryl/α,β-unsaturated/α-hetero) is 1. The van der Waals surface area contributed by atoms with E-state index in [2.05, 4.69) is 14.9 Å². The maximum atomic E-state index is 11.7. The number of hydrogen-bond donors (Lipinski definition) is 1. The van der Waals surface area contributed by atoms with Gasteiger partial charge < -0.3 is 19.6 Å². The van der Waals surface area contributed by atoms with E-state index in [0.717, 1.165) is 0 Å². The highest BCUT2D eigenvalue weighted by atomic mass is 16.6. The molecular weight excluding hydrogens is 276 g/mol. The molecule has 2 atom stereocenters. The van der Waals surface area contributed by atoms with E-state index >= 15 is 0 Å². The molecule has 0 aliphatic heterocycles. The highest BCUT2D eigenvalue weighted by Crippen LogP contribution is 2.12. The lowest BCUT2D eigenvalue weighted by Crippen LogP contribution is -2.44. The van der Waals surface area contributed by atoms with Crippen LogP contribution in [0.3, 0.4) is 0 Å². The van der Waals surface area contributed by atoms with Gasteiger partial charge in [-0.2, -0.15) is 0 Å². The molecule has 0 aromatic heterocycles. The summed E-state index contributed by atoms with van der Waals surface area (Å²) in [5.41, 5.74) is -0.691. The number of esters is 1. The van der Waals surface area contributed by atoms with E-state index < -0.39 is 29.6 Å². The second-order valence-corrected chi connectivity index (χ2v) is 5.61. The number of amides is 1. The van der Waals surface area contributed by atoms with Crippen molar-refractivity contribution in [3.63, 3.8) is 0 Å². The molecule has 0 aromatic rings. The van der Waals surface area contributed by atoms with E-state index in [0.29, 0.717) is 0 Å². The number of carbonyl (C=O) groups is 3. The Morgan fingerprint density at radius 1 is 1.29 bits per heavy atom. The lowest BCUT2D eigenvalue weighted by Gasteiger charge is -2.23. The smallest absolute Gasteiger partial charge is 0.408 e. The van der Waals surface area contributed by atoms with E-state index in [4.69, 9.17) is 11.3 Å². The monoisotopic (exact) mass is 298 g/mol. The van der Waals surface area contributed by atoms with Crippen molar-refractivity contribution in [2.24, 2.45) is 5.92 Å². The average Bonchev–Trinajstić information content (AvgIpc) is 2.33. The molecule has 7 heteroatoms. The zero-order chi connectivity index (χ0) is 16.6. The molecule has 0 aliphatic rings. The van der Waals surface area contributed by atoms with Gasteiger partial charge in [0.05, 0.1) is 13.2 Å². The molecule has 118 valence electrons. The fourth-order valence-corrected chi connectivity index (χ4v) is 1.58. The highest BCUT2D eigenvalue weighted by Gasteiger charge is 2.30. The maximum absolute atomic E-state index is 11.7. The second-order valence-electron chi connectivity index (χ2n) is 5.61. The summed E-state index contributed by atoms with van der Waals surface area (Å²) >= 11 is 0. The molecule has 0 spiro atoms. The number of hydrogen-bond acceptors (Lipinski definition) is 5. The molecule has 7 nitrogen and oxygen atoms in total. The summed E-state index contributed by atoms with van der Waals surface area (Å²) in [5, 5.41) is 2.42. The molecule has 0 fully saturated rings. The van der Waals surface area contributed by atoms with Crippen molar-refractivity contribution in [1.82, 2.24) is 5.32 Å². The van der Waals surface area contributed by atoms with Crippen LogP contribution in [-0.2, 0) is 19.1 Å². The first-order valence-corrected chi connectivity index (χ1v) is 6.51. The van der Waals surface area contributed by atoms with Crippen LogP contribution in [0.5, 0.6) is 0 Å². The van der Waals surface area contributed by atoms with E-state index in [-0.39, 0.29) is 18.7 Å². The Labute approximate surface area is 124 Å². The van der Waals surface area contributed by atoms with Crippen molar-refractivity contribution < 1.29 is 23.9 Å². The van der Waals surface area contributed by atoms with E-state index in [1.807, 2.05) is 0 Å². The van der Waals surface area contributed by atoms with Crippen LogP contribution in [0.2, 0.25) is 0 Å². The third-order valence-corrected chi connectivity index (χ3v) is 2.55. The summed E-state index contributed by atoms with van der Waals surface area (Å²) in [4.78, 5) is 38.0. The number of ether oxygens (including phenoxy) is 2. The quantitative estimate of drug-likeness (QED) is 0.594. The average molecular weight is 298 g/mol. The molecule has 21 heavy (non-hydrogen) atoms. The Morgan fingerprint density at radius 2 is 1.86 bits per heavy atom. The van der Waals surface area contributed by atoms with Crippen molar-refractivity contribution in [1.29, 1.82) is 0 Å². The molecular formula is C14H22N2O5. The van der Waals surface area contributed by atoms with Crippen molar-refractivity contribution in [3.05, 3.63) is 11.4 Å². The number of alkyl carbamates (subject to hydrolysis) is 1. The Bertz CT molecular complexity index is 434. The normalized spacial score (nSPS) is 13.5. The highest BCUT2D eigenvalue weighted by molar-refractivity contribution is 5.86. The van der Waals surface area contributed by atoms with Crippen molar-refractivity contribution in [3.8, 4) is 0 Å². The van der Waals surface area contributed by atoms with Gasteiger partial charge in [-0.25, -0.2) is 11.4 Å². The topological polar surface area (TPSA) is 86.1 Å². The fraction of sp³-hybridized carbons (Fsp3) is 0.714. The molecule has 0 heterocycles. The number of ketones is 1. The van der Waals surface area contributed by atoms with Gasteiger partial charge in [0.15, 0.2) is 5.78 Å². The van der Waals surface area contributed by atoms with E-state index in [9.17, 15) is 14.4 Å². The number of carbonyl (C=O) groups excluding carboxylic acids is 3. The summed E-state index contributed by atoms with van der Waals surface area (Å²) < 4.78 is 9.66. The Balaban J connectivity index is 4.83. The van der Waals surface area contributed by atoms with Crippen molar-refractivity contribution in [2.45, 2.75) is 45.8 Å². The van der Waals surface area contributed by atoms with Gasteiger partial charge in [-0.15, -0.1) is 0 Å². The van der Waals surface area contributed by atoms with E-state index in [1.165, 1.54) is 14.0 Å². The molecule has 0 rings (SSSR count). The maximum Gasteiger partial charge on any atom is 0.408 e. The number of rotatable bonds is 6. The summed E-state index contributed by atoms with van der Waals surface area (Å²) in [7, 11) is 1.21. The molecule has 1 N–H and O–H groups in total. The third-order valence-electron chi connectivity index (χ3n) is 2.55. The molecule has 0 unspecified atom stereocenters. The van der Waals surface area contributed by atoms with E-state index in [1.54, 1.807) is 20.8 Å². The molecule has 0 aliphatic carbocycles. The lowest BCUT2D eigenvalue weighted by molar-refractivity contribution is -0.145. The Morgan fingerprint density at radius 3 is 2.24 bits per heavy atom. The summed E-state index contributed by atoms with van der Waals surface area (Å²) in [6, 6.07) is -0.898. The Kier molecular flexibility index (Phi) is 7.42. The third kappa shape index (κ3) is 7.92. The van der Waals surface area contributed by atoms with Crippen LogP contribution in [0.25, 0.3) is 4.85 Å². The standard InChI is InChI=1S/C14H22N2O5/c1-9(17)11(16-13(19)21-14(2,3)4)7-10(8-15-5)12(18)20-6/h10-11H,7-8H2,1-4,6H3,(H,16,19)/t10-,11+/m1/s1. The predicted molar refractivity (Wildman–Crippen MR) is 75.4 cm³/mol. The largest absolute Gasteiger partial charge is 0.469 e. The minimum absolute atomic E-state index is 0.00360. The van der Waals surface area contributed by atoms with Gasteiger partial charge in [0.25, 0.3) is 0 Å².